The maximum Gasteiger partial charge on any atom is 0.490 e. The molecular weight excluding hydrogens is 501 g/mol. The molecule has 1 aromatic heterocycles. The summed E-state index contributed by atoms with van der Waals surface area (Å²) >= 11 is 1.35. The quantitative estimate of drug-likeness (QED) is 0.352. The number of ketones is 1. The van der Waals surface area contributed by atoms with Crippen LogP contribution in [0.5, 0.6) is 0 Å². The molecule has 0 aliphatic carbocycles. The van der Waals surface area contributed by atoms with Crippen molar-refractivity contribution in [3.63, 3.8) is 0 Å². The summed E-state index contributed by atoms with van der Waals surface area (Å²) in [4.78, 5) is 52.7. The van der Waals surface area contributed by atoms with Gasteiger partial charge in [-0.05, 0) is 50.8 Å². The zero-order valence-electron chi connectivity index (χ0n) is 19.7. The summed E-state index contributed by atoms with van der Waals surface area (Å²) < 4.78 is 32.7. The highest BCUT2D eigenvalue weighted by Crippen LogP contribution is 2.24. The summed E-state index contributed by atoms with van der Waals surface area (Å²) in [6, 6.07) is 7.00. The average molecular weight is 531 g/mol. The van der Waals surface area contributed by atoms with Crippen LogP contribution >= 0.6 is 11.3 Å². The number of amides is 2. The number of alkyl halides is 3. The number of likely N-dealkylation sites (tertiary alicyclic amines) is 1. The molecule has 1 aliphatic rings. The summed E-state index contributed by atoms with van der Waals surface area (Å²) in [5.74, 6) is -3.38. The summed E-state index contributed by atoms with van der Waals surface area (Å²) in [6.45, 7) is 3.16. The van der Waals surface area contributed by atoms with Crippen LogP contribution in [0.25, 0.3) is 10.2 Å². The maximum absolute atomic E-state index is 13.1. The van der Waals surface area contributed by atoms with Crippen LogP contribution in [0.2, 0.25) is 0 Å². The van der Waals surface area contributed by atoms with Crippen molar-refractivity contribution in [1.29, 1.82) is 0 Å². The van der Waals surface area contributed by atoms with Crippen LogP contribution in [0.4, 0.5) is 13.2 Å². The second kappa shape index (κ2) is 13.3. The Balaban J connectivity index is 0.000000572. The number of carbonyl (C=O) groups excluding carboxylic acids is 3. The first kappa shape index (κ1) is 29.2. The average Bonchev–Trinajstić information content (AvgIpc) is 3.27. The number of hydrogen-bond donors (Lipinski definition) is 3. The minimum absolute atomic E-state index is 0.0208. The van der Waals surface area contributed by atoms with E-state index in [0.29, 0.717) is 31.1 Å². The van der Waals surface area contributed by atoms with Gasteiger partial charge >= 0.3 is 12.1 Å². The molecule has 2 aromatic rings. The normalized spacial score (nSPS) is 16.6. The number of thiazole rings is 1. The van der Waals surface area contributed by atoms with Crippen LogP contribution in [-0.4, -0.2) is 70.4 Å². The van der Waals surface area contributed by atoms with E-state index in [2.05, 4.69) is 10.3 Å². The smallest absolute Gasteiger partial charge is 0.475 e. The molecule has 36 heavy (non-hydrogen) atoms. The Labute approximate surface area is 209 Å². The van der Waals surface area contributed by atoms with Gasteiger partial charge in [0, 0.05) is 20.0 Å². The van der Waals surface area contributed by atoms with Gasteiger partial charge in [-0.3, -0.25) is 14.4 Å². The van der Waals surface area contributed by atoms with Crippen molar-refractivity contribution < 1.29 is 37.5 Å². The number of rotatable bonds is 8. The number of aromatic nitrogens is 1. The number of para-hydroxylation sites is 1. The molecule has 2 amide bonds. The van der Waals surface area contributed by atoms with Gasteiger partial charge in [-0.25, -0.2) is 9.78 Å². The van der Waals surface area contributed by atoms with Crippen molar-refractivity contribution in [2.24, 2.45) is 11.7 Å². The Morgan fingerprint density at radius 3 is 2.50 bits per heavy atom. The molecule has 2 atom stereocenters. The monoisotopic (exact) mass is 530 g/mol. The standard InChI is InChI=1S/C21H28N4O3S.C2HF3O2/c1-14(26)25-12-6-7-15(13-25)20(28)23-17(9-4-5-11-22)19(27)21-24-16-8-2-3-10-18(16)29-21;3-2(4,5)1(6)7/h2-3,8,10,15,17H,4-7,9,11-13,22H2,1H3,(H,23,28);(H,6,7)/t15-,17?;/m1./s1. The number of unbranched alkanes of at least 4 members (excludes halogenated alkanes) is 1. The first-order valence-corrected chi connectivity index (χ1v) is 12.2. The summed E-state index contributed by atoms with van der Waals surface area (Å²) in [6.07, 6.45) is -1.49. The minimum Gasteiger partial charge on any atom is -0.475 e. The lowest BCUT2D eigenvalue weighted by molar-refractivity contribution is -0.192. The number of carboxylic acid groups (broad SMARTS) is 1. The Bertz CT molecular complexity index is 1040. The van der Waals surface area contributed by atoms with Crippen LogP contribution < -0.4 is 11.1 Å². The van der Waals surface area contributed by atoms with E-state index in [-0.39, 0.29) is 23.5 Å². The van der Waals surface area contributed by atoms with E-state index < -0.39 is 18.2 Å². The fourth-order valence-electron chi connectivity index (χ4n) is 3.65. The lowest BCUT2D eigenvalue weighted by Gasteiger charge is -2.32. The van der Waals surface area contributed by atoms with E-state index >= 15 is 0 Å². The molecule has 13 heteroatoms. The molecule has 4 N–H and O–H groups in total. The van der Waals surface area contributed by atoms with Gasteiger partial charge in [-0.1, -0.05) is 12.1 Å². The van der Waals surface area contributed by atoms with E-state index in [4.69, 9.17) is 15.6 Å². The molecule has 0 radical (unpaired) electrons. The van der Waals surface area contributed by atoms with Crippen LogP contribution in [0.3, 0.4) is 0 Å². The molecule has 0 spiro atoms. The molecule has 1 fully saturated rings. The third-order valence-electron chi connectivity index (χ3n) is 5.56. The molecule has 0 bridgehead atoms. The predicted molar refractivity (Wildman–Crippen MR) is 127 cm³/mol. The second-order valence-electron chi connectivity index (χ2n) is 8.30. The fourth-order valence-corrected chi connectivity index (χ4v) is 4.62. The molecule has 1 unspecified atom stereocenters. The second-order valence-corrected chi connectivity index (χ2v) is 9.33. The number of Topliss-reactive ketones (excluding diaryl/α,β-unsaturated/α-hetero) is 1. The molecular formula is C23H29F3N4O5S. The zero-order valence-corrected chi connectivity index (χ0v) is 20.5. The van der Waals surface area contributed by atoms with Crippen LogP contribution in [0.15, 0.2) is 24.3 Å². The van der Waals surface area contributed by atoms with E-state index in [1.165, 1.54) is 18.3 Å². The number of carboxylic acids is 1. The topological polar surface area (TPSA) is 143 Å². The van der Waals surface area contributed by atoms with Gasteiger partial charge in [-0.2, -0.15) is 13.2 Å². The molecule has 1 saturated heterocycles. The van der Waals surface area contributed by atoms with Gasteiger partial charge in [0.05, 0.1) is 22.2 Å². The van der Waals surface area contributed by atoms with Crippen molar-refractivity contribution >= 4 is 45.1 Å². The number of aliphatic carboxylic acids is 1. The number of fused-ring (bicyclic) bond motifs is 1. The molecule has 198 valence electrons. The minimum atomic E-state index is -5.08. The number of hydrogen-bond acceptors (Lipinski definition) is 7. The lowest BCUT2D eigenvalue weighted by Crippen LogP contribution is -2.49. The largest absolute Gasteiger partial charge is 0.490 e. The Kier molecular flexibility index (Phi) is 10.8. The number of halogens is 3. The Morgan fingerprint density at radius 1 is 1.25 bits per heavy atom. The predicted octanol–water partition coefficient (Wildman–Crippen LogP) is 2.98. The number of piperidine rings is 1. The molecule has 3 rings (SSSR count). The highest BCUT2D eigenvalue weighted by atomic mass is 32.1. The van der Waals surface area contributed by atoms with Crippen molar-refractivity contribution in [2.45, 2.75) is 51.2 Å². The SMILES string of the molecule is CC(=O)N1CCC[C@@H](C(=O)NC(CCCCN)C(=O)c2nc3ccccc3s2)C1.O=C(O)C(F)(F)F. The molecule has 1 aromatic carbocycles. The van der Waals surface area contributed by atoms with Gasteiger partial charge in [0.15, 0.2) is 5.01 Å². The van der Waals surface area contributed by atoms with E-state index in [9.17, 15) is 27.6 Å². The fraction of sp³-hybridized carbons (Fsp3) is 0.522. The van der Waals surface area contributed by atoms with Gasteiger partial charge < -0.3 is 21.1 Å². The molecule has 2 heterocycles. The summed E-state index contributed by atoms with van der Waals surface area (Å²) in [5, 5.41) is 10.5. The number of carbonyl (C=O) groups is 4. The van der Waals surface area contributed by atoms with E-state index in [1.807, 2.05) is 24.3 Å². The van der Waals surface area contributed by atoms with Crippen LogP contribution in [-0.2, 0) is 14.4 Å². The summed E-state index contributed by atoms with van der Waals surface area (Å²) in [7, 11) is 0. The Hall–Kier alpha value is -3.06. The first-order valence-electron chi connectivity index (χ1n) is 11.4. The third-order valence-corrected chi connectivity index (χ3v) is 6.62. The van der Waals surface area contributed by atoms with Gasteiger partial charge in [0.1, 0.15) is 0 Å². The number of nitrogens with one attached hydrogen (secondary N) is 1. The van der Waals surface area contributed by atoms with Gasteiger partial charge in [0.25, 0.3) is 0 Å². The highest BCUT2D eigenvalue weighted by molar-refractivity contribution is 7.20. The molecule has 0 saturated carbocycles. The highest BCUT2D eigenvalue weighted by Gasteiger charge is 2.38. The Morgan fingerprint density at radius 2 is 1.92 bits per heavy atom. The number of nitrogens with two attached hydrogens (primary N) is 1. The van der Waals surface area contributed by atoms with Gasteiger partial charge in [-0.15, -0.1) is 11.3 Å². The van der Waals surface area contributed by atoms with Crippen molar-refractivity contribution in [3.8, 4) is 0 Å². The molecule has 1 aliphatic heterocycles. The van der Waals surface area contributed by atoms with E-state index in [0.717, 1.165) is 35.9 Å². The van der Waals surface area contributed by atoms with Crippen LogP contribution in [0.1, 0.15) is 48.8 Å². The van der Waals surface area contributed by atoms with Gasteiger partial charge in [0.2, 0.25) is 17.6 Å². The van der Waals surface area contributed by atoms with Crippen LogP contribution in [0, 0.1) is 5.92 Å². The van der Waals surface area contributed by atoms with Crippen molar-refractivity contribution in [2.75, 3.05) is 19.6 Å². The number of benzene rings is 1. The zero-order chi connectivity index (χ0) is 26.9. The first-order chi connectivity index (χ1) is 16.9. The molecule has 9 nitrogen and oxygen atoms in total. The summed E-state index contributed by atoms with van der Waals surface area (Å²) in [5.41, 5.74) is 6.38. The van der Waals surface area contributed by atoms with E-state index in [1.54, 1.807) is 4.90 Å². The maximum atomic E-state index is 13.1. The lowest BCUT2D eigenvalue weighted by atomic mass is 9.96. The number of nitrogens with zero attached hydrogens (tertiary/aromatic N) is 2. The van der Waals surface area contributed by atoms with Crippen molar-refractivity contribution in [1.82, 2.24) is 15.2 Å². The van der Waals surface area contributed by atoms with Crippen molar-refractivity contribution in [3.05, 3.63) is 29.3 Å². The third kappa shape index (κ3) is 8.55.